The van der Waals surface area contributed by atoms with E-state index in [1.807, 2.05) is 30.3 Å². The van der Waals surface area contributed by atoms with Gasteiger partial charge in [-0.1, -0.05) is 30.3 Å². The number of rotatable bonds is 5. The molecule has 1 aliphatic rings. The number of carbonyl (C=O) groups is 2. The van der Waals surface area contributed by atoms with Crippen LogP contribution < -0.4 is 4.74 Å². The Morgan fingerprint density at radius 1 is 1.11 bits per heavy atom. The Bertz CT molecular complexity index is 1260. The van der Waals surface area contributed by atoms with Crippen LogP contribution in [0.15, 0.2) is 48.8 Å². The van der Waals surface area contributed by atoms with Gasteiger partial charge in [0.25, 0.3) is 0 Å². The molecule has 0 bridgehead atoms. The number of aromatic amines is 1. The average Bonchev–Trinajstić information content (AvgIpc) is 3.15. The molecule has 1 amide bonds. The van der Waals surface area contributed by atoms with Crippen molar-refractivity contribution < 1.29 is 32.2 Å². The number of hydrogen-bond donors (Lipinski definition) is 1. The van der Waals surface area contributed by atoms with Crippen LogP contribution in [-0.4, -0.2) is 51.7 Å². The number of pyridine rings is 1. The van der Waals surface area contributed by atoms with Crippen molar-refractivity contribution >= 4 is 11.9 Å². The van der Waals surface area contributed by atoms with E-state index in [1.54, 1.807) is 20.8 Å². The lowest BCUT2D eigenvalue weighted by Crippen LogP contribution is -2.42. The van der Waals surface area contributed by atoms with Gasteiger partial charge in [-0.05, 0) is 38.0 Å². The first kappa shape index (κ1) is 25.3. The van der Waals surface area contributed by atoms with E-state index in [9.17, 15) is 22.8 Å². The molecular formula is C26H26F3N3O4. The maximum absolute atomic E-state index is 13.3. The number of nitrogens with zero attached hydrogens (tertiary/aromatic N) is 2. The monoisotopic (exact) mass is 501 g/mol. The summed E-state index contributed by atoms with van der Waals surface area (Å²) in [7, 11) is 0. The van der Waals surface area contributed by atoms with Gasteiger partial charge in [0.1, 0.15) is 11.4 Å². The van der Waals surface area contributed by atoms with E-state index in [2.05, 4.69) is 9.97 Å². The first-order valence-electron chi connectivity index (χ1n) is 11.3. The Labute approximate surface area is 206 Å². The molecule has 7 nitrogen and oxygen atoms in total. The second-order valence-corrected chi connectivity index (χ2v) is 9.53. The van der Waals surface area contributed by atoms with Crippen LogP contribution in [0.1, 0.15) is 48.0 Å². The molecule has 0 spiro atoms. The number of nitrogens with one attached hydrogen (secondary N) is 1. The zero-order valence-electron chi connectivity index (χ0n) is 20.1. The number of H-pyrrole nitrogens is 1. The number of fused-ring (bicyclic) bond motifs is 1. The number of aromatic nitrogens is 2. The Kier molecular flexibility index (Phi) is 6.79. The van der Waals surface area contributed by atoms with Crippen molar-refractivity contribution in [3.8, 4) is 17.0 Å². The summed E-state index contributed by atoms with van der Waals surface area (Å²) in [6.07, 6.45) is -2.15. The molecule has 0 atom stereocenters. The molecule has 2 aromatic heterocycles. The van der Waals surface area contributed by atoms with Crippen LogP contribution in [0.2, 0.25) is 0 Å². The molecule has 0 saturated carbocycles. The van der Waals surface area contributed by atoms with Crippen molar-refractivity contribution in [2.75, 3.05) is 13.2 Å². The van der Waals surface area contributed by atoms with Crippen molar-refractivity contribution in [2.24, 2.45) is 0 Å². The number of amides is 1. The molecule has 190 valence electrons. The minimum absolute atomic E-state index is 0.0702. The molecule has 0 unspecified atom stereocenters. The largest absolute Gasteiger partial charge is 0.482 e. The maximum atomic E-state index is 13.3. The van der Waals surface area contributed by atoms with Gasteiger partial charge in [-0.2, -0.15) is 13.2 Å². The van der Waals surface area contributed by atoms with E-state index in [1.165, 1.54) is 23.4 Å². The smallest absolute Gasteiger partial charge is 0.422 e. The number of alkyl halides is 3. The van der Waals surface area contributed by atoms with Gasteiger partial charge in [0, 0.05) is 29.4 Å². The molecule has 36 heavy (non-hydrogen) atoms. The number of hydrogen-bond acceptors (Lipinski definition) is 5. The third kappa shape index (κ3) is 5.87. The Morgan fingerprint density at radius 3 is 2.50 bits per heavy atom. The van der Waals surface area contributed by atoms with Crippen molar-refractivity contribution in [1.82, 2.24) is 14.9 Å². The second-order valence-electron chi connectivity index (χ2n) is 9.53. The van der Waals surface area contributed by atoms with Crippen LogP contribution in [0.5, 0.6) is 5.75 Å². The standard InChI is InChI=1S/C26H26F3N3O4/c1-25(2,3)36-24(34)32-13-19-22(20(33)14-32)18(11-16-7-5-4-6-8-16)23(31-19)17-9-10-30-12-21(17)35-15-26(27,28)29/h4-10,12,31H,11,13-15H2,1-3H3. The summed E-state index contributed by atoms with van der Waals surface area (Å²) in [5.74, 6) is -0.360. The SMILES string of the molecule is CC(C)(C)OC(=O)N1CC(=O)c2c([nH]c(-c3ccncc3OCC(F)(F)F)c2Cc2ccccc2)C1. The van der Waals surface area contributed by atoms with Crippen LogP contribution in [-0.2, 0) is 17.7 Å². The van der Waals surface area contributed by atoms with Gasteiger partial charge in [0.2, 0.25) is 0 Å². The number of benzene rings is 1. The third-order valence-corrected chi connectivity index (χ3v) is 5.46. The molecule has 1 aromatic carbocycles. The highest BCUT2D eigenvalue weighted by Crippen LogP contribution is 2.38. The first-order valence-corrected chi connectivity index (χ1v) is 11.3. The molecule has 10 heteroatoms. The summed E-state index contributed by atoms with van der Waals surface area (Å²) in [6, 6.07) is 10.9. The molecule has 1 aliphatic heterocycles. The zero-order chi connectivity index (χ0) is 26.1. The lowest BCUT2D eigenvalue weighted by Gasteiger charge is -2.29. The van der Waals surface area contributed by atoms with E-state index in [0.717, 1.165) is 5.56 Å². The molecule has 3 heterocycles. The number of halogens is 3. The number of ketones is 1. The third-order valence-electron chi connectivity index (χ3n) is 5.46. The molecule has 1 N–H and O–H groups in total. The minimum atomic E-state index is -4.53. The highest BCUT2D eigenvalue weighted by Gasteiger charge is 2.35. The van der Waals surface area contributed by atoms with E-state index >= 15 is 0 Å². The van der Waals surface area contributed by atoms with Gasteiger partial charge < -0.3 is 14.5 Å². The van der Waals surface area contributed by atoms with Gasteiger partial charge >= 0.3 is 12.3 Å². The normalized spacial score (nSPS) is 13.9. The molecule has 0 radical (unpaired) electrons. The van der Waals surface area contributed by atoms with Gasteiger partial charge in [-0.15, -0.1) is 0 Å². The number of carbonyl (C=O) groups excluding carboxylic acids is 2. The zero-order valence-corrected chi connectivity index (χ0v) is 20.1. The van der Waals surface area contributed by atoms with E-state index < -0.39 is 24.5 Å². The van der Waals surface area contributed by atoms with Crippen molar-refractivity contribution in [1.29, 1.82) is 0 Å². The summed E-state index contributed by atoms with van der Waals surface area (Å²) in [5.41, 5.74) is 2.49. The maximum Gasteiger partial charge on any atom is 0.422 e. The Balaban J connectivity index is 1.78. The topological polar surface area (TPSA) is 84.5 Å². The Hall–Kier alpha value is -3.82. The summed E-state index contributed by atoms with van der Waals surface area (Å²) >= 11 is 0. The van der Waals surface area contributed by atoms with Gasteiger partial charge in [-0.25, -0.2) is 4.79 Å². The molecule has 0 aliphatic carbocycles. The van der Waals surface area contributed by atoms with Gasteiger partial charge in [0.05, 0.1) is 25.0 Å². The summed E-state index contributed by atoms with van der Waals surface area (Å²) in [6.45, 7) is 3.64. The molecule has 0 saturated heterocycles. The van der Waals surface area contributed by atoms with Crippen LogP contribution in [0.3, 0.4) is 0 Å². The van der Waals surface area contributed by atoms with Crippen molar-refractivity contribution in [3.63, 3.8) is 0 Å². The Morgan fingerprint density at radius 2 is 1.83 bits per heavy atom. The van der Waals surface area contributed by atoms with Crippen molar-refractivity contribution in [2.45, 2.75) is 45.5 Å². The van der Waals surface area contributed by atoms with Crippen LogP contribution in [0, 0.1) is 0 Å². The lowest BCUT2D eigenvalue weighted by molar-refractivity contribution is -0.153. The summed E-state index contributed by atoms with van der Waals surface area (Å²) < 4.78 is 49.1. The average molecular weight is 502 g/mol. The van der Waals surface area contributed by atoms with E-state index in [-0.39, 0.29) is 24.6 Å². The molecule has 0 fully saturated rings. The first-order chi connectivity index (χ1) is 16.9. The van der Waals surface area contributed by atoms with E-state index in [4.69, 9.17) is 9.47 Å². The van der Waals surface area contributed by atoms with Crippen LogP contribution in [0.25, 0.3) is 11.3 Å². The molecular weight excluding hydrogens is 475 g/mol. The quantitative estimate of drug-likeness (QED) is 0.496. The molecule has 4 rings (SSSR count). The highest BCUT2D eigenvalue weighted by molar-refractivity contribution is 6.04. The van der Waals surface area contributed by atoms with Crippen molar-refractivity contribution in [3.05, 3.63) is 71.2 Å². The van der Waals surface area contributed by atoms with E-state index in [0.29, 0.717) is 34.5 Å². The molecule has 3 aromatic rings. The predicted octanol–water partition coefficient (Wildman–Crippen LogP) is 5.54. The number of ether oxygens (including phenoxy) is 2. The van der Waals surface area contributed by atoms with Gasteiger partial charge in [0.15, 0.2) is 12.4 Å². The summed E-state index contributed by atoms with van der Waals surface area (Å²) in [4.78, 5) is 34.4. The number of Topliss-reactive ketones (excluding diaryl/α,β-unsaturated/α-hetero) is 1. The van der Waals surface area contributed by atoms with Gasteiger partial charge in [-0.3, -0.25) is 14.7 Å². The fourth-order valence-electron chi connectivity index (χ4n) is 4.07. The predicted molar refractivity (Wildman–Crippen MR) is 126 cm³/mol. The minimum Gasteiger partial charge on any atom is -0.482 e. The van der Waals surface area contributed by atoms with Crippen LogP contribution >= 0.6 is 0 Å². The second kappa shape index (κ2) is 9.67. The fraction of sp³-hybridized carbons (Fsp3) is 0.346. The summed E-state index contributed by atoms with van der Waals surface area (Å²) in [5, 5.41) is 0. The lowest BCUT2D eigenvalue weighted by atomic mass is 9.93. The fourth-order valence-corrected chi connectivity index (χ4v) is 4.07. The highest BCUT2D eigenvalue weighted by atomic mass is 19.4. The van der Waals surface area contributed by atoms with Crippen LogP contribution in [0.4, 0.5) is 18.0 Å².